The molecule has 0 unspecified atom stereocenters. The highest BCUT2D eigenvalue weighted by atomic mass is 35.5. The van der Waals surface area contributed by atoms with Gasteiger partial charge in [0.05, 0.1) is 18.3 Å². The van der Waals surface area contributed by atoms with E-state index in [-0.39, 0.29) is 15.9 Å². The Balaban J connectivity index is 2.61. The SMILES string of the molecule is COc1cc(-n2ncc(Cl)c(Cl)c2=O)ncn1. The summed E-state index contributed by atoms with van der Waals surface area (Å²) in [6.45, 7) is 0. The van der Waals surface area contributed by atoms with E-state index in [0.29, 0.717) is 5.88 Å². The second kappa shape index (κ2) is 4.68. The molecular formula is C9H6Cl2N4O2. The first-order valence-electron chi connectivity index (χ1n) is 4.43. The minimum absolute atomic E-state index is 0.0916. The number of rotatable bonds is 2. The summed E-state index contributed by atoms with van der Waals surface area (Å²) in [5.41, 5.74) is -0.556. The predicted octanol–water partition coefficient (Wildman–Crippen LogP) is 1.34. The first-order valence-corrected chi connectivity index (χ1v) is 5.19. The third-order valence-corrected chi connectivity index (χ3v) is 2.68. The van der Waals surface area contributed by atoms with Crippen molar-refractivity contribution in [3.05, 3.63) is 39.0 Å². The standard InChI is InChI=1S/C9H6Cl2N4O2/c1-17-7-2-6(12-4-13-7)15-9(16)8(11)5(10)3-14-15/h2-4H,1H3. The average Bonchev–Trinajstić information content (AvgIpc) is 2.36. The summed E-state index contributed by atoms with van der Waals surface area (Å²) >= 11 is 11.4. The molecule has 0 aromatic carbocycles. The molecule has 17 heavy (non-hydrogen) atoms. The Kier molecular flexibility index (Phi) is 3.26. The van der Waals surface area contributed by atoms with Crippen LogP contribution in [0.15, 0.2) is 23.4 Å². The van der Waals surface area contributed by atoms with Crippen molar-refractivity contribution in [2.24, 2.45) is 0 Å². The van der Waals surface area contributed by atoms with Gasteiger partial charge in [-0.1, -0.05) is 23.2 Å². The van der Waals surface area contributed by atoms with Crippen LogP contribution < -0.4 is 10.3 Å². The highest BCUT2D eigenvalue weighted by molar-refractivity contribution is 6.41. The molecule has 88 valence electrons. The number of hydrogen-bond donors (Lipinski definition) is 0. The summed E-state index contributed by atoms with van der Waals surface area (Å²) in [5, 5.41) is 3.81. The Morgan fingerprint density at radius 3 is 2.82 bits per heavy atom. The molecule has 0 fully saturated rings. The molecule has 0 saturated heterocycles. The smallest absolute Gasteiger partial charge is 0.293 e. The van der Waals surface area contributed by atoms with E-state index in [9.17, 15) is 4.79 Å². The summed E-state index contributed by atoms with van der Waals surface area (Å²) < 4.78 is 5.93. The highest BCUT2D eigenvalue weighted by Crippen LogP contribution is 2.16. The van der Waals surface area contributed by atoms with Crippen LogP contribution in [-0.4, -0.2) is 26.9 Å². The summed E-state index contributed by atoms with van der Waals surface area (Å²) in [5.74, 6) is 0.565. The van der Waals surface area contributed by atoms with Gasteiger partial charge in [-0.25, -0.2) is 9.97 Å². The second-order valence-corrected chi connectivity index (χ2v) is 3.73. The van der Waals surface area contributed by atoms with Crippen LogP contribution in [0.1, 0.15) is 0 Å². The molecule has 2 heterocycles. The van der Waals surface area contributed by atoms with Crippen LogP contribution in [0.5, 0.6) is 5.88 Å². The zero-order chi connectivity index (χ0) is 12.4. The van der Waals surface area contributed by atoms with E-state index in [0.717, 1.165) is 4.68 Å². The summed E-state index contributed by atoms with van der Waals surface area (Å²) in [4.78, 5) is 19.5. The molecule has 6 nitrogen and oxygen atoms in total. The van der Waals surface area contributed by atoms with E-state index in [2.05, 4.69) is 15.1 Å². The van der Waals surface area contributed by atoms with Crippen molar-refractivity contribution in [3.63, 3.8) is 0 Å². The lowest BCUT2D eigenvalue weighted by Crippen LogP contribution is -2.22. The number of hydrogen-bond acceptors (Lipinski definition) is 5. The van der Waals surface area contributed by atoms with Crippen molar-refractivity contribution in [1.29, 1.82) is 0 Å². The maximum Gasteiger partial charge on any atom is 0.293 e. The van der Waals surface area contributed by atoms with Crippen LogP contribution in [-0.2, 0) is 0 Å². The Morgan fingerprint density at radius 1 is 1.35 bits per heavy atom. The van der Waals surface area contributed by atoms with Gasteiger partial charge in [-0.2, -0.15) is 9.78 Å². The number of nitrogens with zero attached hydrogens (tertiary/aromatic N) is 4. The van der Waals surface area contributed by atoms with Crippen LogP contribution in [0.2, 0.25) is 10.0 Å². The first kappa shape index (κ1) is 11.8. The van der Waals surface area contributed by atoms with Gasteiger partial charge in [-0.15, -0.1) is 0 Å². The molecule has 0 N–H and O–H groups in total. The maximum absolute atomic E-state index is 11.8. The van der Waals surface area contributed by atoms with Crippen LogP contribution in [0, 0.1) is 0 Å². The fourth-order valence-corrected chi connectivity index (χ4v) is 1.39. The maximum atomic E-state index is 11.8. The van der Waals surface area contributed by atoms with Crippen LogP contribution in [0.4, 0.5) is 0 Å². The molecule has 2 aromatic rings. The third-order valence-electron chi connectivity index (χ3n) is 1.93. The molecule has 0 saturated carbocycles. The number of ether oxygens (including phenoxy) is 1. The van der Waals surface area contributed by atoms with E-state index < -0.39 is 5.56 Å². The minimum atomic E-state index is -0.556. The monoisotopic (exact) mass is 272 g/mol. The van der Waals surface area contributed by atoms with Gasteiger partial charge in [0.25, 0.3) is 5.56 Å². The van der Waals surface area contributed by atoms with Crippen molar-refractivity contribution < 1.29 is 4.74 Å². The van der Waals surface area contributed by atoms with Gasteiger partial charge in [0, 0.05) is 6.07 Å². The molecule has 0 aliphatic rings. The molecule has 0 aliphatic heterocycles. The lowest BCUT2D eigenvalue weighted by atomic mass is 10.5. The molecule has 0 amide bonds. The predicted molar refractivity (Wildman–Crippen MR) is 62.0 cm³/mol. The lowest BCUT2D eigenvalue weighted by molar-refractivity contribution is 0.396. The largest absolute Gasteiger partial charge is 0.481 e. The van der Waals surface area contributed by atoms with Crippen molar-refractivity contribution >= 4 is 23.2 Å². The number of aromatic nitrogens is 4. The molecule has 2 rings (SSSR count). The van der Waals surface area contributed by atoms with Gasteiger partial charge < -0.3 is 4.74 Å². The highest BCUT2D eigenvalue weighted by Gasteiger charge is 2.10. The summed E-state index contributed by atoms with van der Waals surface area (Å²) in [6, 6.07) is 1.46. The first-order chi connectivity index (χ1) is 8.13. The van der Waals surface area contributed by atoms with Gasteiger partial charge in [-0.05, 0) is 0 Å². The van der Waals surface area contributed by atoms with Gasteiger partial charge >= 0.3 is 0 Å². The molecule has 0 radical (unpaired) electrons. The van der Waals surface area contributed by atoms with Crippen LogP contribution >= 0.6 is 23.2 Å². The molecule has 0 aliphatic carbocycles. The molecule has 0 bridgehead atoms. The van der Waals surface area contributed by atoms with E-state index in [4.69, 9.17) is 27.9 Å². The van der Waals surface area contributed by atoms with E-state index in [1.54, 1.807) is 0 Å². The summed E-state index contributed by atoms with van der Waals surface area (Å²) in [7, 11) is 1.46. The second-order valence-electron chi connectivity index (χ2n) is 2.94. The zero-order valence-corrected chi connectivity index (χ0v) is 10.1. The van der Waals surface area contributed by atoms with Crippen LogP contribution in [0.3, 0.4) is 0 Å². The minimum Gasteiger partial charge on any atom is -0.481 e. The topological polar surface area (TPSA) is 69.9 Å². The number of halogens is 2. The van der Waals surface area contributed by atoms with Crippen molar-refractivity contribution in [2.45, 2.75) is 0 Å². The molecule has 0 atom stereocenters. The van der Waals surface area contributed by atoms with Gasteiger partial charge in [0.15, 0.2) is 5.82 Å². The number of methoxy groups -OCH3 is 1. The Hall–Kier alpha value is -1.66. The molecular weight excluding hydrogens is 267 g/mol. The van der Waals surface area contributed by atoms with E-state index >= 15 is 0 Å². The van der Waals surface area contributed by atoms with E-state index in [1.165, 1.54) is 25.7 Å². The lowest BCUT2D eigenvalue weighted by Gasteiger charge is -2.05. The van der Waals surface area contributed by atoms with Gasteiger partial charge in [0.2, 0.25) is 5.88 Å². The van der Waals surface area contributed by atoms with Gasteiger partial charge in [0.1, 0.15) is 11.3 Å². The van der Waals surface area contributed by atoms with Crippen molar-refractivity contribution in [2.75, 3.05) is 7.11 Å². The Bertz CT molecular complexity index is 614. The normalized spacial score (nSPS) is 10.3. The Morgan fingerprint density at radius 2 is 2.12 bits per heavy atom. The third kappa shape index (κ3) is 2.22. The van der Waals surface area contributed by atoms with Crippen LogP contribution in [0.25, 0.3) is 5.82 Å². The average molecular weight is 273 g/mol. The molecule has 8 heteroatoms. The summed E-state index contributed by atoms with van der Waals surface area (Å²) in [6.07, 6.45) is 2.52. The molecule has 0 spiro atoms. The fourth-order valence-electron chi connectivity index (χ4n) is 1.13. The fraction of sp³-hybridized carbons (Fsp3) is 0.111. The van der Waals surface area contributed by atoms with E-state index in [1.807, 2.05) is 0 Å². The van der Waals surface area contributed by atoms with Crippen molar-refractivity contribution in [1.82, 2.24) is 19.7 Å². The molecule has 2 aromatic heterocycles. The zero-order valence-electron chi connectivity index (χ0n) is 8.59. The quantitative estimate of drug-likeness (QED) is 0.825. The Labute approximate surface area is 106 Å². The van der Waals surface area contributed by atoms with Gasteiger partial charge in [-0.3, -0.25) is 4.79 Å². The van der Waals surface area contributed by atoms with Crippen molar-refractivity contribution in [3.8, 4) is 11.7 Å².